The number of nitrogens with zero attached hydrogens (tertiary/aromatic N) is 2. The van der Waals surface area contributed by atoms with Crippen molar-refractivity contribution in [2.75, 3.05) is 12.5 Å². The Balaban J connectivity index is 1.99. The number of terminal acetylenes is 1. The molecule has 3 aromatic rings. The largest absolute Gasteiger partial charge is 0.305 e. The summed E-state index contributed by atoms with van der Waals surface area (Å²) >= 11 is 1.17. The maximum absolute atomic E-state index is 12.5. The minimum Gasteiger partial charge on any atom is -0.305 e. The van der Waals surface area contributed by atoms with Gasteiger partial charge in [0, 0.05) is 12.5 Å². The van der Waals surface area contributed by atoms with Crippen molar-refractivity contribution in [2.24, 2.45) is 4.99 Å². The zero-order chi connectivity index (χ0) is 22.1. The van der Waals surface area contributed by atoms with Gasteiger partial charge < -0.3 is 4.57 Å². The SMILES string of the molecule is C#CCn1c(=NC(=O)Cc2ccc(S(C)(=O)=O)cc2)sc2cc(S(C)(=O)=O)ccc21. The van der Waals surface area contributed by atoms with Crippen LogP contribution in [0.4, 0.5) is 0 Å². The third kappa shape index (κ3) is 4.87. The first-order chi connectivity index (χ1) is 14.0. The molecule has 0 bridgehead atoms. The van der Waals surface area contributed by atoms with Gasteiger partial charge in [0.1, 0.15) is 0 Å². The van der Waals surface area contributed by atoms with E-state index in [4.69, 9.17) is 6.42 Å². The van der Waals surface area contributed by atoms with Crippen LogP contribution in [0.5, 0.6) is 0 Å². The summed E-state index contributed by atoms with van der Waals surface area (Å²) in [6, 6.07) is 10.7. The average molecular weight is 463 g/mol. The summed E-state index contributed by atoms with van der Waals surface area (Å²) < 4.78 is 49.0. The molecule has 0 aliphatic carbocycles. The van der Waals surface area contributed by atoms with E-state index in [-0.39, 0.29) is 22.8 Å². The number of carbonyl (C=O) groups is 1. The maximum atomic E-state index is 12.5. The van der Waals surface area contributed by atoms with Crippen molar-refractivity contribution in [1.82, 2.24) is 4.57 Å². The molecule has 10 heteroatoms. The summed E-state index contributed by atoms with van der Waals surface area (Å²) in [7, 11) is -6.68. The quantitative estimate of drug-likeness (QED) is 0.538. The number of hydrogen-bond donors (Lipinski definition) is 0. The van der Waals surface area contributed by atoms with Crippen LogP contribution < -0.4 is 4.80 Å². The van der Waals surface area contributed by atoms with Gasteiger partial charge in [-0.1, -0.05) is 29.4 Å². The second kappa shape index (κ2) is 8.18. The van der Waals surface area contributed by atoms with E-state index in [9.17, 15) is 21.6 Å². The molecule has 0 N–H and O–H groups in total. The molecule has 1 amide bonds. The summed E-state index contributed by atoms with van der Waals surface area (Å²) in [4.78, 5) is 17.4. The molecule has 0 aliphatic rings. The van der Waals surface area contributed by atoms with E-state index >= 15 is 0 Å². The zero-order valence-corrected chi connectivity index (χ0v) is 18.6. The van der Waals surface area contributed by atoms with E-state index in [0.29, 0.717) is 20.6 Å². The van der Waals surface area contributed by atoms with Gasteiger partial charge in [0.05, 0.1) is 33.0 Å². The molecule has 0 radical (unpaired) electrons. The van der Waals surface area contributed by atoms with Gasteiger partial charge in [0.2, 0.25) is 0 Å². The van der Waals surface area contributed by atoms with E-state index in [1.165, 1.54) is 35.6 Å². The third-order valence-corrected chi connectivity index (χ3v) is 7.54. The van der Waals surface area contributed by atoms with Crippen LogP contribution in [0, 0.1) is 12.3 Å². The fourth-order valence-corrected chi connectivity index (χ4v) is 5.23. The highest BCUT2D eigenvalue weighted by Crippen LogP contribution is 2.22. The first kappa shape index (κ1) is 22.0. The fourth-order valence-electron chi connectivity index (χ4n) is 2.79. The number of fused-ring (bicyclic) bond motifs is 1. The van der Waals surface area contributed by atoms with Gasteiger partial charge in [0.25, 0.3) is 5.91 Å². The summed E-state index contributed by atoms with van der Waals surface area (Å²) in [5.74, 6) is 2.09. The van der Waals surface area contributed by atoms with Crippen molar-refractivity contribution in [1.29, 1.82) is 0 Å². The second-order valence-corrected chi connectivity index (χ2v) is 11.7. The van der Waals surface area contributed by atoms with Crippen LogP contribution in [0.1, 0.15) is 5.56 Å². The van der Waals surface area contributed by atoms with Gasteiger partial charge in [-0.25, -0.2) is 16.8 Å². The number of rotatable bonds is 5. The predicted octanol–water partition coefficient (Wildman–Crippen LogP) is 1.81. The van der Waals surface area contributed by atoms with E-state index in [0.717, 1.165) is 12.5 Å². The molecule has 1 heterocycles. The molecular weight excluding hydrogens is 444 g/mol. The molecule has 0 aliphatic heterocycles. The number of sulfone groups is 2. The molecule has 30 heavy (non-hydrogen) atoms. The highest BCUT2D eigenvalue weighted by atomic mass is 32.2. The molecule has 0 fully saturated rings. The molecule has 2 aromatic carbocycles. The summed E-state index contributed by atoms with van der Waals surface area (Å²) in [6.07, 6.45) is 7.67. The Morgan fingerprint density at radius 2 is 1.63 bits per heavy atom. The van der Waals surface area contributed by atoms with Gasteiger partial charge in [-0.05, 0) is 35.9 Å². The smallest absolute Gasteiger partial charge is 0.252 e. The van der Waals surface area contributed by atoms with E-state index in [2.05, 4.69) is 10.9 Å². The molecule has 0 saturated heterocycles. The van der Waals surface area contributed by atoms with Crippen LogP contribution >= 0.6 is 11.3 Å². The molecule has 3 rings (SSSR count). The summed E-state index contributed by atoms with van der Waals surface area (Å²) in [5, 5.41) is 0. The lowest BCUT2D eigenvalue weighted by molar-refractivity contribution is -0.117. The molecule has 1 aromatic heterocycles. The minimum absolute atomic E-state index is 0.0110. The fraction of sp³-hybridized carbons (Fsp3) is 0.200. The monoisotopic (exact) mass is 462 g/mol. The van der Waals surface area contributed by atoms with Crippen LogP contribution in [-0.2, 0) is 37.4 Å². The van der Waals surface area contributed by atoms with Crippen LogP contribution in [0.2, 0.25) is 0 Å². The molecule has 156 valence electrons. The topological polar surface area (TPSA) is 103 Å². The van der Waals surface area contributed by atoms with E-state index in [1.807, 2.05) is 0 Å². The normalized spacial score (nSPS) is 12.8. The Morgan fingerprint density at radius 3 is 2.20 bits per heavy atom. The lowest BCUT2D eigenvalue weighted by Crippen LogP contribution is -2.17. The third-order valence-electron chi connectivity index (χ3n) is 4.26. The Bertz CT molecular complexity index is 1450. The van der Waals surface area contributed by atoms with Crippen molar-refractivity contribution >= 4 is 47.1 Å². The first-order valence-electron chi connectivity index (χ1n) is 8.62. The van der Waals surface area contributed by atoms with Crippen LogP contribution in [0.15, 0.2) is 57.2 Å². The number of benzene rings is 2. The zero-order valence-electron chi connectivity index (χ0n) is 16.2. The molecule has 0 unspecified atom stereocenters. The Kier molecular flexibility index (Phi) is 5.99. The molecule has 0 saturated carbocycles. The van der Waals surface area contributed by atoms with Crippen molar-refractivity contribution in [3.8, 4) is 12.3 Å². The lowest BCUT2D eigenvalue weighted by Gasteiger charge is -2.02. The Morgan fingerprint density at radius 1 is 1.03 bits per heavy atom. The van der Waals surface area contributed by atoms with Crippen molar-refractivity contribution in [3.63, 3.8) is 0 Å². The Hall–Kier alpha value is -2.74. The number of thiazole rings is 1. The van der Waals surface area contributed by atoms with Crippen molar-refractivity contribution < 1.29 is 21.6 Å². The van der Waals surface area contributed by atoms with Gasteiger partial charge in [0.15, 0.2) is 24.5 Å². The van der Waals surface area contributed by atoms with Gasteiger partial charge >= 0.3 is 0 Å². The van der Waals surface area contributed by atoms with E-state index < -0.39 is 25.6 Å². The van der Waals surface area contributed by atoms with Gasteiger partial charge in [-0.3, -0.25) is 4.79 Å². The van der Waals surface area contributed by atoms with Crippen LogP contribution in [0.25, 0.3) is 10.2 Å². The predicted molar refractivity (Wildman–Crippen MR) is 116 cm³/mol. The summed E-state index contributed by atoms with van der Waals surface area (Å²) in [6.45, 7) is 0.174. The number of aromatic nitrogens is 1. The highest BCUT2D eigenvalue weighted by Gasteiger charge is 2.13. The van der Waals surface area contributed by atoms with E-state index in [1.54, 1.807) is 22.8 Å². The number of carbonyl (C=O) groups excluding carboxylic acids is 1. The minimum atomic E-state index is -3.37. The van der Waals surface area contributed by atoms with Gasteiger partial charge in [-0.15, -0.1) is 6.42 Å². The molecular formula is C20H18N2O5S3. The Labute approximate surface area is 178 Å². The second-order valence-electron chi connectivity index (χ2n) is 6.68. The average Bonchev–Trinajstić information content (AvgIpc) is 2.97. The molecule has 0 spiro atoms. The van der Waals surface area contributed by atoms with Crippen molar-refractivity contribution in [3.05, 3.63) is 52.8 Å². The van der Waals surface area contributed by atoms with Gasteiger partial charge in [-0.2, -0.15) is 4.99 Å². The summed E-state index contributed by atoms with van der Waals surface area (Å²) in [5.41, 5.74) is 1.31. The standard InChI is InChI=1S/C20H18N2O5S3/c1-4-11-22-17-10-9-16(30(3,26)27)13-18(17)28-20(22)21-19(23)12-14-5-7-15(8-6-14)29(2,24)25/h1,5-10,13H,11-12H2,2-3H3. The van der Waals surface area contributed by atoms with Crippen LogP contribution in [-0.4, -0.2) is 39.8 Å². The first-order valence-corrected chi connectivity index (χ1v) is 13.2. The van der Waals surface area contributed by atoms with Crippen molar-refractivity contribution in [2.45, 2.75) is 22.8 Å². The molecule has 0 atom stereocenters. The maximum Gasteiger partial charge on any atom is 0.252 e. The number of amides is 1. The lowest BCUT2D eigenvalue weighted by atomic mass is 10.1. The van der Waals surface area contributed by atoms with Crippen LogP contribution in [0.3, 0.4) is 0 Å². The number of hydrogen-bond acceptors (Lipinski definition) is 6. The molecule has 7 nitrogen and oxygen atoms in total. The highest BCUT2D eigenvalue weighted by molar-refractivity contribution is 7.91.